The molecule has 0 bridgehead atoms. The molecule has 35 heavy (non-hydrogen) atoms. The topological polar surface area (TPSA) is 117 Å². The lowest BCUT2D eigenvalue weighted by Crippen LogP contribution is -2.08. The van der Waals surface area contributed by atoms with Gasteiger partial charge in [0.25, 0.3) is 0 Å². The SMILES string of the molecule is CCOc1cc(-c2cc(NCCc3c(C#N)ccc4c(OC)ccc(F)c34)ncn2)sc1C(=O)O. The van der Waals surface area contributed by atoms with E-state index in [9.17, 15) is 19.6 Å². The number of nitrogens with zero attached hydrogens (tertiary/aromatic N) is 3. The van der Waals surface area contributed by atoms with E-state index < -0.39 is 11.8 Å². The molecule has 2 aromatic carbocycles. The maximum atomic E-state index is 14.8. The first-order valence-corrected chi connectivity index (χ1v) is 11.5. The summed E-state index contributed by atoms with van der Waals surface area (Å²) in [6.07, 6.45) is 1.74. The van der Waals surface area contributed by atoms with Gasteiger partial charge in [0.2, 0.25) is 0 Å². The van der Waals surface area contributed by atoms with Crippen molar-refractivity contribution in [3.8, 4) is 28.1 Å². The summed E-state index contributed by atoms with van der Waals surface area (Å²) < 4.78 is 25.5. The minimum atomic E-state index is -1.07. The Hall–Kier alpha value is -4.23. The molecule has 0 radical (unpaired) electrons. The average Bonchev–Trinajstić information content (AvgIpc) is 3.29. The van der Waals surface area contributed by atoms with E-state index in [2.05, 4.69) is 21.4 Å². The molecular formula is C25H21FN4O4S. The van der Waals surface area contributed by atoms with Crippen LogP contribution in [0.3, 0.4) is 0 Å². The van der Waals surface area contributed by atoms with Gasteiger partial charge in [-0.25, -0.2) is 19.2 Å². The highest BCUT2D eigenvalue weighted by atomic mass is 32.1. The number of ether oxygens (including phenoxy) is 2. The van der Waals surface area contributed by atoms with Crippen molar-refractivity contribution in [1.82, 2.24) is 9.97 Å². The molecule has 0 amide bonds. The molecule has 2 heterocycles. The van der Waals surface area contributed by atoms with Crippen molar-refractivity contribution in [2.75, 3.05) is 25.6 Å². The van der Waals surface area contributed by atoms with Crippen molar-refractivity contribution >= 4 is 33.9 Å². The number of benzene rings is 2. The smallest absolute Gasteiger partial charge is 0.349 e. The summed E-state index contributed by atoms with van der Waals surface area (Å²) in [4.78, 5) is 20.7. The Kier molecular flexibility index (Phi) is 7.08. The van der Waals surface area contributed by atoms with Crippen LogP contribution in [0, 0.1) is 17.1 Å². The molecule has 0 aliphatic rings. The summed E-state index contributed by atoms with van der Waals surface area (Å²) in [6, 6.07) is 11.7. The van der Waals surface area contributed by atoms with Crippen molar-refractivity contribution < 1.29 is 23.8 Å². The second kappa shape index (κ2) is 10.4. The van der Waals surface area contributed by atoms with E-state index >= 15 is 0 Å². The van der Waals surface area contributed by atoms with E-state index in [4.69, 9.17) is 9.47 Å². The van der Waals surface area contributed by atoms with Crippen LogP contribution >= 0.6 is 11.3 Å². The monoisotopic (exact) mass is 492 g/mol. The Morgan fingerprint density at radius 3 is 2.77 bits per heavy atom. The number of carboxylic acids is 1. The Morgan fingerprint density at radius 1 is 1.23 bits per heavy atom. The second-order valence-corrected chi connectivity index (χ2v) is 8.44. The molecule has 4 aromatic rings. The van der Waals surface area contributed by atoms with Crippen LogP contribution in [0.1, 0.15) is 27.7 Å². The third-order valence-corrected chi connectivity index (χ3v) is 6.46. The molecule has 0 aliphatic heterocycles. The van der Waals surface area contributed by atoms with Crippen LogP contribution in [0.4, 0.5) is 10.2 Å². The minimum absolute atomic E-state index is 0.104. The predicted molar refractivity (Wildman–Crippen MR) is 131 cm³/mol. The van der Waals surface area contributed by atoms with Crippen molar-refractivity contribution in [2.24, 2.45) is 0 Å². The first-order valence-electron chi connectivity index (χ1n) is 10.7. The number of thiophene rings is 1. The zero-order valence-electron chi connectivity index (χ0n) is 19.0. The van der Waals surface area contributed by atoms with Crippen LogP contribution < -0.4 is 14.8 Å². The lowest BCUT2D eigenvalue weighted by molar-refractivity contribution is 0.0698. The summed E-state index contributed by atoms with van der Waals surface area (Å²) in [5.41, 5.74) is 1.51. The standard InChI is InChI=1S/C25H21FN4O4S/c1-3-34-20-11-21(35-24(20)25(31)32)18-10-22(30-13-29-18)28-9-8-15-14(12-27)4-5-16-19(33-2)7-6-17(26)23(15)16/h4-7,10-11,13H,3,8-9H2,1-2H3,(H,31,32)(H,28,29,30). The van der Waals surface area contributed by atoms with Gasteiger partial charge in [0.15, 0.2) is 4.88 Å². The molecule has 0 fully saturated rings. The van der Waals surface area contributed by atoms with Crippen molar-refractivity contribution in [3.05, 3.63) is 64.5 Å². The molecule has 0 atom stereocenters. The minimum Gasteiger partial charge on any atom is -0.496 e. The molecule has 0 unspecified atom stereocenters. The van der Waals surface area contributed by atoms with Gasteiger partial charge in [-0.1, -0.05) is 0 Å². The van der Waals surface area contributed by atoms with Gasteiger partial charge >= 0.3 is 5.97 Å². The van der Waals surface area contributed by atoms with Gasteiger partial charge < -0.3 is 19.9 Å². The van der Waals surface area contributed by atoms with E-state index in [1.165, 1.54) is 19.5 Å². The highest BCUT2D eigenvalue weighted by Gasteiger charge is 2.19. The van der Waals surface area contributed by atoms with Crippen molar-refractivity contribution in [2.45, 2.75) is 13.3 Å². The Balaban J connectivity index is 1.58. The van der Waals surface area contributed by atoms with Crippen molar-refractivity contribution in [1.29, 1.82) is 5.26 Å². The van der Waals surface area contributed by atoms with Crippen LogP contribution in [0.25, 0.3) is 21.3 Å². The number of aromatic carboxylic acids is 1. The fourth-order valence-electron chi connectivity index (χ4n) is 3.81. The molecule has 0 spiro atoms. The molecule has 178 valence electrons. The number of carbonyl (C=O) groups is 1. The number of nitrogens with one attached hydrogen (secondary N) is 1. The molecule has 0 aliphatic carbocycles. The highest BCUT2D eigenvalue weighted by Crippen LogP contribution is 2.36. The zero-order valence-corrected chi connectivity index (χ0v) is 19.8. The lowest BCUT2D eigenvalue weighted by atomic mass is 9.96. The summed E-state index contributed by atoms with van der Waals surface area (Å²) in [6.45, 7) is 2.50. The van der Waals surface area contributed by atoms with Crippen molar-refractivity contribution in [3.63, 3.8) is 0 Å². The number of fused-ring (bicyclic) bond motifs is 1. The number of aromatic nitrogens is 2. The Morgan fingerprint density at radius 2 is 2.06 bits per heavy atom. The van der Waals surface area contributed by atoms with Gasteiger partial charge in [0.05, 0.1) is 35.9 Å². The summed E-state index contributed by atoms with van der Waals surface area (Å²) in [5, 5.41) is 23.1. The van der Waals surface area contributed by atoms with Gasteiger partial charge in [-0.05, 0) is 43.2 Å². The molecule has 4 rings (SSSR count). The predicted octanol–water partition coefficient (Wildman–Crippen LogP) is 5.13. The maximum Gasteiger partial charge on any atom is 0.349 e. The molecule has 2 N–H and O–H groups in total. The fraction of sp³-hybridized carbons (Fsp3) is 0.200. The van der Waals surface area contributed by atoms with Crippen LogP contribution in [0.15, 0.2) is 42.7 Å². The number of hydrogen-bond acceptors (Lipinski definition) is 8. The molecule has 10 heteroatoms. The number of methoxy groups -OCH3 is 1. The first-order chi connectivity index (χ1) is 17.0. The highest BCUT2D eigenvalue weighted by molar-refractivity contribution is 7.17. The summed E-state index contributed by atoms with van der Waals surface area (Å²) in [7, 11) is 1.52. The van der Waals surface area contributed by atoms with E-state index in [0.29, 0.717) is 69.4 Å². The molecule has 2 aromatic heterocycles. The summed E-state index contributed by atoms with van der Waals surface area (Å²) >= 11 is 1.07. The van der Waals surface area contributed by atoms with Crippen LogP contribution in [-0.2, 0) is 6.42 Å². The second-order valence-electron chi connectivity index (χ2n) is 7.38. The maximum absolute atomic E-state index is 14.8. The average molecular weight is 493 g/mol. The number of halogens is 1. The fourth-order valence-corrected chi connectivity index (χ4v) is 4.71. The number of rotatable bonds is 9. The number of hydrogen-bond donors (Lipinski definition) is 2. The third kappa shape index (κ3) is 4.85. The van der Waals surface area contributed by atoms with E-state index in [-0.39, 0.29) is 4.88 Å². The molecular weight excluding hydrogens is 471 g/mol. The number of anilines is 1. The van der Waals surface area contributed by atoms with Gasteiger partial charge in [-0.3, -0.25) is 0 Å². The zero-order chi connectivity index (χ0) is 24.9. The van der Waals surface area contributed by atoms with Crippen LogP contribution in [0.2, 0.25) is 0 Å². The number of nitriles is 1. The largest absolute Gasteiger partial charge is 0.496 e. The van der Waals surface area contributed by atoms with E-state index in [1.807, 2.05) is 0 Å². The quantitative estimate of drug-likeness (QED) is 0.330. The number of carboxylic acid groups (broad SMARTS) is 1. The van der Waals surface area contributed by atoms with E-state index in [1.54, 1.807) is 37.3 Å². The normalized spacial score (nSPS) is 10.7. The van der Waals surface area contributed by atoms with Gasteiger partial charge in [0, 0.05) is 29.4 Å². The van der Waals surface area contributed by atoms with Crippen LogP contribution in [-0.4, -0.2) is 41.3 Å². The van der Waals surface area contributed by atoms with E-state index in [0.717, 1.165) is 11.3 Å². The van der Waals surface area contributed by atoms with Crippen LogP contribution in [0.5, 0.6) is 11.5 Å². The molecule has 0 saturated heterocycles. The summed E-state index contributed by atoms with van der Waals surface area (Å²) in [5.74, 6) is -0.150. The lowest BCUT2D eigenvalue weighted by Gasteiger charge is -2.13. The molecule has 8 nitrogen and oxygen atoms in total. The van der Waals surface area contributed by atoms with Gasteiger partial charge in [-0.2, -0.15) is 5.26 Å². The third-order valence-electron chi connectivity index (χ3n) is 5.33. The first kappa shape index (κ1) is 23.9. The molecule has 0 saturated carbocycles. The van der Waals surface area contributed by atoms with Gasteiger partial charge in [0.1, 0.15) is 29.5 Å². The Labute approximate surface area is 204 Å². The Bertz CT molecular complexity index is 1450. The van der Waals surface area contributed by atoms with Gasteiger partial charge in [-0.15, -0.1) is 11.3 Å².